The fourth-order valence-corrected chi connectivity index (χ4v) is 3.87. The molecule has 0 aromatic heterocycles. The molecule has 0 amide bonds. The molecule has 1 fully saturated rings. The number of ketones is 1. The molecule has 3 heteroatoms. The average Bonchev–Trinajstić information content (AvgIpc) is 2.57. The molecule has 128 valence electrons. The lowest BCUT2D eigenvalue weighted by Gasteiger charge is -2.38. The van der Waals surface area contributed by atoms with Gasteiger partial charge in [-0.05, 0) is 75.5 Å². The number of ether oxygens (including phenoxy) is 1. The van der Waals surface area contributed by atoms with Crippen molar-refractivity contribution in [1.82, 2.24) is 0 Å². The maximum absolute atomic E-state index is 12.3. The van der Waals surface area contributed by atoms with Gasteiger partial charge in [0.15, 0.2) is 0 Å². The van der Waals surface area contributed by atoms with E-state index >= 15 is 0 Å². The van der Waals surface area contributed by atoms with Crippen molar-refractivity contribution in [3.63, 3.8) is 0 Å². The van der Waals surface area contributed by atoms with E-state index in [4.69, 9.17) is 4.74 Å². The van der Waals surface area contributed by atoms with Crippen LogP contribution in [-0.2, 0) is 4.79 Å². The molecule has 1 saturated carbocycles. The van der Waals surface area contributed by atoms with Crippen molar-refractivity contribution in [2.45, 2.75) is 70.8 Å². The molecule has 1 atom stereocenters. The number of methoxy groups -OCH3 is 1. The van der Waals surface area contributed by atoms with E-state index in [-0.39, 0.29) is 11.5 Å². The summed E-state index contributed by atoms with van der Waals surface area (Å²) < 4.78 is 5.23. The van der Waals surface area contributed by atoms with E-state index in [1.54, 1.807) is 14.0 Å². The van der Waals surface area contributed by atoms with E-state index in [0.29, 0.717) is 11.7 Å². The molecule has 1 aliphatic carbocycles. The molecule has 2 rings (SSSR count). The van der Waals surface area contributed by atoms with Crippen LogP contribution in [0.3, 0.4) is 0 Å². The molecule has 23 heavy (non-hydrogen) atoms. The molecule has 0 spiro atoms. The first-order valence-electron chi connectivity index (χ1n) is 8.84. The fourth-order valence-electron chi connectivity index (χ4n) is 3.87. The Morgan fingerprint density at radius 3 is 2.39 bits per heavy atom. The summed E-state index contributed by atoms with van der Waals surface area (Å²) >= 11 is 0. The lowest BCUT2D eigenvalue weighted by molar-refractivity contribution is -0.130. The fraction of sp³-hybridized carbons (Fsp3) is 0.650. The molecule has 1 N–H and O–H groups in total. The first kappa shape index (κ1) is 18.0. The Hall–Kier alpha value is -1.35. The van der Waals surface area contributed by atoms with Gasteiger partial charge in [-0.1, -0.05) is 19.1 Å². The minimum atomic E-state index is -0.217. The lowest BCUT2D eigenvalue weighted by atomic mass is 9.67. The monoisotopic (exact) mass is 318 g/mol. The zero-order valence-electron chi connectivity index (χ0n) is 14.7. The van der Waals surface area contributed by atoms with Crippen LogP contribution in [0.15, 0.2) is 24.3 Å². The standard InChI is InChI=1S/C20H30O3/c1-4-16(17-5-7-19(23-3)8-6-17)9-12-20(15(2)21)13-10-18(22)11-14-20/h5-8,16,18,22H,4,9-14H2,1-3H3. The zero-order valence-corrected chi connectivity index (χ0v) is 14.7. The van der Waals surface area contributed by atoms with Crippen LogP contribution in [0.5, 0.6) is 5.75 Å². The molecule has 1 unspecified atom stereocenters. The van der Waals surface area contributed by atoms with E-state index in [9.17, 15) is 9.90 Å². The number of benzene rings is 1. The molecule has 3 nitrogen and oxygen atoms in total. The first-order valence-corrected chi connectivity index (χ1v) is 8.84. The lowest BCUT2D eigenvalue weighted by Crippen LogP contribution is -2.36. The van der Waals surface area contributed by atoms with Crippen LogP contribution in [0.4, 0.5) is 0 Å². The number of hydrogen-bond donors (Lipinski definition) is 1. The molecule has 1 aromatic carbocycles. The predicted molar refractivity (Wildman–Crippen MR) is 92.8 cm³/mol. The number of aliphatic hydroxyl groups excluding tert-OH is 1. The second kappa shape index (κ2) is 7.96. The minimum Gasteiger partial charge on any atom is -0.497 e. The Morgan fingerprint density at radius 1 is 1.30 bits per heavy atom. The maximum Gasteiger partial charge on any atom is 0.135 e. The minimum absolute atomic E-state index is 0.209. The van der Waals surface area contributed by atoms with E-state index in [2.05, 4.69) is 19.1 Å². The molecular formula is C20H30O3. The van der Waals surface area contributed by atoms with Crippen LogP contribution < -0.4 is 4.74 Å². The van der Waals surface area contributed by atoms with Gasteiger partial charge in [-0.25, -0.2) is 0 Å². The third-order valence-electron chi connectivity index (χ3n) is 5.71. The van der Waals surface area contributed by atoms with Gasteiger partial charge in [0.1, 0.15) is 11.5 Å². The molecule has 0 saturated heterocycles. The number of carbonyl (C=O) groups is 1. The summed E-state index contributed by atoms with van der Waals surface area (Å²) in [5.41, 5.74) is 1.11. The van der Waals surface area contributed by atoms with Crippen LogP contribution >= 0.6 is 0 Å². The van der Waals surface area contributed by atoms with E-state index in [1.807, 2.05) is 12.1 Å². The SMILES string of the molecule is CCC(CCC1(C(C)=O)CCC(O)CC1)c1ccc(OC)cc1. The van der Waals surface area contributed by atoms with Gasteiger partial charge >= 0.3 is 0 Å². The van der Waals surface area contributed by atoms with Crippen LogP contribution in [-0.4, -0.2) is 24.1 Å². The second-order valence-electron chi connectivity index (χ2n) is 6.98. The summed E-state index contributed by atoms with van der Waals surface area (Å²) in [6.07, 6.45) is 6.01. The number of aliphatic hydroxyl groups is 1. The van der Waals surface area contributed by atoms with Crippen molar-refractivity contribution < 1.29 is 14.6 Å². The van der Waals surface area contributed by atoms with Crippen molar-refractivity contribution >= 4 is 5.78 Å². The summed E-state index contributed by atoms with van der Waals surface area (Å²) in [5.74, 6) is 1.66. The predicted octanol–water partition coefficient (Wildman–Crippen LogP) is 4.48. The molecule has 1 aliphatic rings. The highest BCUT2D eigenvalue weighted by atomic mass is 16.5. The van der Waals surface area contributed by atoms with Gasteiger partial charge in [0.25, 0.3) is 0 Å². The second-order valence-corrected chi connectivity index (χ2v) is 6.98. The third-order valence-corrected chi connectivity index (χ3v) is 5.71. The Morgan fingerprint density at radius 2 is 1.91 bits per heavy atom. The van der Waals surface area contributed by atoms with E-state index in [1.165, 1.54) is 5.56 Å². The van der Waals surface area contributed by atoms with Crippen molar-refractivity contribution in [2.24, 2.45) is 5.41 Å². The number of carbonyl (C=O) groups excluding carboxylic acids is 1. The molecule has 0 heterocycles. The van der Waals surface area contributed by atoms with Crippen LogP contribution in [0, 0.1) is 5.41 Å². The quantitative estimate of drug-likeness (QED) is 0.806. The number of rotatable bonds is 7. The normalized spacial score (nSPS) is 25.8. The van der Waals surface area contributed by atoms with Gasteiger partial charge < -0.3 is 9.84 Å². The molecule has 0 radical (unpaired) electrons. The largest absolute Gasteiger partial charge is 0.497 e. The molecular weight excluding hydrogens is 288 g/mol. The van der Waals surface area contributed by atoms with Gasteiger partial charge in [-0.2, -0.15) is 0 Å². The van der Waals surface area contributed by atoms with Crippen molar-refractivity contribution in [3.05, 3.63) is 29.8 Å². The summed E-state index contributed by atoms with van der Waals surface area (Å²) in [6.45, 7) is 3.94. The van der Waals surface area contributed by atoms with E-state index < -0.39 is 0 Å². The van der Waals surface area contributed by atoms with Crippen LogP contribution in [0.2, 0.25) is 0 Å². The van der Waals surface area contributed by atoms with Gasteiger partial charge in [-0.15, -0.1) is 0 Å². The molecule has 0 bridgehead atoms. The number of hydrogen-bond acceptors (Lipinski definition) is 3. The molecule has 0 aliphatic heterocycles. The molecule has 1 aromatic rings. The van der Waals surface area contributed by atoms with Crippen molar-refractivity contribution in [1.29, 1.82) is 0 Å². The van der Waals surface area contributed by atoms with Crippen LogP contribution in [0.1, 0.15) is 70.3 Å². The summed E-state index contributed by atoms with van der Waals surface area (Å²) in [5, 5.41) is 9.75. The maximum atomic E-state index is 12.3. The summed E-state index contributed by atoms with van der Waals surface area (Å²) in [7, 11) is 1.68. The average molecular weight is 318 g/mol. The topological polar surface area (TPSA) is 46.5 Å². The summed E-state index contributed by atoms with van der Waals surface area (Å²) in [4.78, 5) is 12.3. The Bertz CT molecular complexity index is 498. The van der Waals surface area contributed by atoms with Gasteiger partial charge in [0.05, 0.1) is 13.2 Å². The Balaban J connectivity index is 2.04. The smallest absolute Gasteiger partial charge is 0.135 e. The third kappa shape index (κ3) is 4.35. The Kier molecular flexibility index (Phi) is 6.23. The zero-order chi connectivity index (χ0) is 16.9. The van der Waals surface area contributed by atoms with Gasteiger partial charge in [-0.3, -0.25) is 4.79 Å². The summed E-state index contributed by atoms with van der Waals surface area (Å²) in [6, 6.07) is 8.29. The number of Topliss-reactive ketones (excluding diaryl/α,β-unsaturated/α-hetero) is 1. The first-order chi connectivity index (χ1) is 11.0. The van der Waals surface area contributed by atoms with Crippen molar-refractivity contribution in [3.8, 4) is 5.75 Å². The highest BCUT2D eigenvalue weighted by molar-refractivity contribution is 5.82. The Labute approximate surface area is 140 Å². The highest BCUT2D eigenvalue weighted by Gasteiger charge is 2.38. The van der Waals surface area contributed by atoms with Crippen LogP contribution in [0.25, 0.3) is 0 Å². The highest BCUT2D eigenvalue weighted by Crippen LogP contribution is 2.43. The van der Waals surface area contributed by atoms with E-state index in [0.717, 1.165) is 50.7 Å². The van der Waals surface area contributed by atoms with Gasteiger partial charge in [0, 0.05) is 5.41 Å². The van der Waals surface area contributed by atoms with Crippen molar-refractivity contribution in [2.75, 3.05) is 7.11 Å². The van der Waals surface area contributed by atoms with Gasteiger partial charge in [0.2, 0.25) is 0 Å².